The molecule has 1 aliphatic heterocycles. The lowest BCUT2D eigenvalue weighted by atomic mass is 10.3. The molecule has 1 heterocycles. The van der Waals surface area contributed by atoms with Gasteiger partial charge < -0.3 is 9.47 Å². The fourth-order valence-electron chi connectivity index (χ4n) is 2.67. The van der Waals surface area contributed by atoms with Crippen LogP contribution in [0.15, 0.2) is 64.4 Å². The topological polar surface area (TPSA) is 102 Å². The van der Waals surface area contributed by atoms with E-state index in [1.165, 1.54) is 28.6 Å². The number of hydrogen-bond donors (Lipinski definition) is 1. The van der Waals surface area contributed by atoms with Crippen molar-refractivity contribution in [3.05, 3.63) is 54.6 Å². The lowest BCUT2D eigenvalue weighted by Crippen LogP contribution is -2.40. The van der Waals surface area contributed by atoms with Gasteiger partial charge in [-0.15, -0.1) is 0 Å². The lowest BCUT2D eigenvalue weighted by Gasteiger charge is -2.26. The van der Waals surface area contributed by atoms with E-state index in [4.69, 9.17) is 9.47 Å². The highest BCUT2D eigenvalue weighted by Gasteiger charge is 2.26. The molecule has 2 aromatic carbocycles. The molecule has 1 aliphatic rings. The third-order valence-corrected chi connectivity index (χ3v) is 7.54. The van der Waals surface area contributed by atoms with E-state index in [2.05, 4.69) is 4.72 Å². The predicted molar refractivity (Wildman–Crippen MR) is 103 cm³/mol. The van der Waals surface area contributed by atoms with E-state index in [0.717, 1.165) is 0 Å². The zero-order valence-corrected chi connectivity index (χ0v) is 16.8. The van der Waals surface area contributed by atoms with Crippen molar-refractivity contribution in [3.8, 4) is 5.75 Å². The standard InChI is InChI=1S/C18H22N2O6S2/c21-27(22,19-10-13-26-16-4-2-1-3-5-16)17-6-8-18(9-7-17)28(23,24)20-11-14-25-15-12-20/h1-9,19H,10-15H2. The van der Waals surface area contributed by atoms with Gasteiger partial charge in [0.15, 0.2) is 0 Å². The van der Waals surface area contributed by atoms with Crippen LogP contribution in [0, 0.1) is 0 Å². The first-order chi connectivity index (χ1) is 13.4. The van der Waals surface area contributed by atoms with E-state index in [1.807, 2.05) is 18.2 Å². The Morgan fingerprint density at radius 2 is 1.50 bits per heavy atom. The molecule has 3 rings (SSSR count). The summed E-state index contributed by atoms with van der Waals surface area (Å²) >= 11 is 0. The van der Waals surface area contributed by atoms with Crippen LogP contribution in [-0.4, -0.2) is 60.6 Å². The molecule has 0 spiro atoms. The number of nitrogens with zero attached hydrogens (tertiary/aromatic N) is 1. The molecule has 2 aromatic rings. The molecule has 8 nitrogen and oxygen atoms in total. The van der Waals surface area contributed by atoms with Gasteiger partial charge in [0.1, 0.15) is 12.4 Å². The molecule has 152 valence electrons. The average molecular weight is 427 g/mol. The van der Waals surface area contributed by atoms with Crippen molar-refractivity contribution in [1.29, 1.82) is 0 Å². The molecule has 1 fully saturated rings. The Hall–Kier alpha value is -1.98. The van der Waals surface area contributed by atoms with Gasteiger partial charge in [0, 0.05) is 19.6 Å². The minimum Gasteiger partial charge on any atom is -0.492 e. The summed E-state index contributed by atoms with van der Waals surface area (Å²) in [7, 11) is -7.42. The zero-order chi connectivity index (χ0) is 20.0. The van der Waals surface area contributed by atoms with Crippen LogP contribution in [0.25, 0.3) is 0 Å². The quantitative estimate of drug-likeness (QED) is 0.634. The highest BCUT2D eigenvalue weighted by molar-refractivity contribution is 7.89. The van der Waals surface area contributed by atoms with Gasteiger partial charge in [0.05, 0.1) is 23.0 Å². The van der Waals surface area contributed by atoms with Crippen LogP contribution in [0.3, 0.4) is 0 Å². The van der Waals surface area contributed by atoms with Gasteiger partial charge in [-0.05, 0) is 36.4 Å². The van der Waals surface area contributed by atoms with E-state index in [9.17, 15) is 16.8 Å². The number of sulfonamides is 2. The minimum absolute atomic E-state index is 0.00635. The third kappa shape index (κ3) is 5.09. The number of hydrogen-bond acceptors (Lipinski definition) is 6. The molecule has 0 amide bonds. The van der Waals surface area contributed by atoms with Crippen LogP contribution in [-0.2, 0) is 24.8 Å². The van der Waals surface area contributed by atoms with Crippen LogP contribution in [0.4, 0.5) is 0 Å². The number of ether oxygens (including phenoxy) is 2. The predicted octanol–water partition coefficient (Wildman–Crippen LogP) is 1.06. The molecule has 1 N–H and O–H groups in total. The van der Waals surface area contributed by atoms with Crippen LogP contribution < -0.4 is 9.46 Å². The van der Waals surface area contributed by atoms with E-state index in [1.54, 1.807) is 12.1 Å². The Kier molecular flexibility index (Phi) is 6.68. The average Bonchev–Trinajstić information content (AvgIpc) is 2.73. The first kappa shape index (κ1) is 20.7. The number of morpholine rings is 1. The Labute approximate surface area is 165 Å². The number of benzene rings is 2. The van der Waals surface area contributed by atoms with Crippen LogP contribution in [0.5, 0.6) is 5.75 Å². The van der Waals surface area contributed by atoms with Crippen molar-refractivity contribution in [1.82, 2.24) is 9.03 Å². The molecule has 0 atom stereocenters. The van der Waals surface area contributed by atoms with Crippen molar-refractivity contribution in [2.75, 3.05) is 39.5 Å². The van der Waals surface area contributed by atoms with Crippen molar-refractivity contribution < 1.29 is 26.3 Å². The summed E-state index contributed by atoms with van der Waals surface area (Å²) in [4.78, 5) is 0.0499. The van der Waals surface area contributed by atoms with Gasteiger partial charge in [0.25, 0.3) is 0 Å². The highest BCUT2D eigenvalue weighted by Crippen LogP contribution is 2.19. The Morgan fingerprint density at radius 1 is 0.893 bits per heavy atom. The largest absolute Gasteiger partial charge is 0.492 e. The van der Waals surface area contributed by atoms with Crippen molar-refractivity contribution in [2.45, 2.75) is 9.79 Å². The zero-order valence-electron chi connectivity index (χ0n) is 15.2. The summed E-state index contributed by atoms with van der Waals surface area (Å²) in [6, 6.07) is 14.3. The Morgan fingerprint density at radius 3 is 2.14 bits per heavy atom. The third-order valence-electron chi connectivity index (χ3n) is 4.15. The molecule has 0 saturated carbocycles. The lowest BCUT2D eigenvalue weighted by molar-refractivity contribution is 0.0730. The van der Waals surface area contributed by atoms with Gasteiger partial charge >= 0.3 is 0 Å². The van der Waals surface area contributed by atoms with E-state index < -0.39 is 20.0 Å². The maximum atomic E-state index is 12.6. The summed E-state index contributed by atoms with van der Waals surface area (Å²) < 4.78 is 64.3. The minimum atomic E-state index is -3.76. The van der Waals surface area contributed by atoms with Gasteiger partial charge in [-0.1, -0.05) is 18.2 Å². The van der Waals surface area contributed by atoms with Crippen molar-refractivity contribution in [3.63, 3.8) is 0 Å². The first-order valence-corrected chi connectivity index (χ1v) is 11.7. The fourth-order valence-corrected chi connectivity index (χ4v) is 5.09. The molecule has 10 heteroatoms. The summed E-state index contributed by atoms with van der Waals surface area (Å²) in [5, 5.41) is 0. The summed E-state index contributed by atoms with van der Waals surface area (Å²) in [6.45, 7) is 1.52. The second-order valence-corrected chi connectivity index (χ2v) is 9.75. The maximum Gasteiger partial charge on any atom is 0.243 e. The van der Waals surface area contributed by atoms with Gasteiger partial charge in [0.2, 0.25) is 20.0 Å². The number of para-hydroxylation sites is 1. The summed E-state index contributed by atoms with van der Waals surface area (Å²) in [5.74, 6) is 0.652. The smallest absolute Gasteiger partial charge is 0.243 e. The van der Waals surface area contributed by atoms with E-state index >= 15 is 0 Å². The summed E-state index contributed by atoms with van der Waals surface area (Å²) in [6.07, 6.45) is 0. The van der Waals surface area contributed by atoms with Gasteiger partial charge in [-0.2, -0.15) is 4.31 Å². The van der Waals surface area contributed by atoms with Crippen LogP contribution >= 0.6 is 0 Å². The second-order valence-electron chi connectivity index (χ2n) is 6.05. The SMILES string of the molecule is O=S(=O)(NCCOc1ccccc1)c1ccc(S(=O)(=O)N2CCOCC2)cc1. The Bertz CT molecular complexity index is 970. The molecule has 1 saturated heterocycles. The first-order valence-electron chi connectivity index (χ1n) is 8.75. The van der Waals surface area contributed by atoms with Gasteiger partial charge in [-0.25, -0.2) is 21.6 Å². The monoisotopic (exact) mass is 426 g/mol. The molecule has 0 radical (unpaired) electrons. The highest BCUT2D eigenvalue weighted by atomic mass is 32.2. The molecular formula is C18H22N2O6S2. The molecule has 0 aliphatic carbocycles. The normalized spacial score (nSPS) is 16.0. The molecule has 0 bridgehead atoms. The van der Waals surface area contributed by atoms with E-state index in [0.29, 0.717) is 19.0 Å². The number of nitrogens with one attached hydrogen (secondary N) is 1. The van der Waals surface area contributed by atoms with Crippen LogP contribution in [0.1, 0.15) is 0 Å². The molecule has 0 unspecified atom stereocenters. The molecule has 28 heavy (non-hydrogen) atoms. The van der Waals surface area contributed by atoms with Crippen LogP contribution in [0.2, 0.25) is 0 Å². The molecule has 0 aromatic heterocycles. The van der Waals surface area contributed by atoms with Crippen molar-refractivity contribution >= 4 is 20.0 Å². The summed E-state index contributed by atoms with van der Waals surface area (Å²) in [5.41, 5.74) is 0. The maximum absolute atomic E-state index is 12.6. The number of rotatable bonds is 8. The second kappa shape index (κ2) is 9.01. The van der Waals surface area contributed by atoms with Crippen molar-refractivity contribution in [2.24, 2.45) is 0 Å². The Balaban J connectivity index is 1.60. The molecular weight excluding hydrogens is 404 g/mol. The fraction of sp³-hybridized carbons (Fsp3) is 0.333. The van der Waals surface area contributed by atoms with Gasteiger partial charge in [-0.3, -0.25) is 0 Å². The van der Waals surface area contributed by atoms with E-state index in [-0.39, 0.29) is 36.0 Å².